The summed E-state index contributed by atoms with van der Waals surface area (Å²) in [6.45, 7) is 0. The average Bonchev–Trinajstić information content (AvgIpc) is 2.33. The van der Waals surface area contributed by atoms with E-state index < -0.39 is 0 Å². The molecular formula is C14H18O2. The fourth-order valence-corrected chi connectivity index (χ4v) is 2.32. The maximum absolute atomic E-state index is 11.7. The van der Waals surface area contributed by atoms with Crippen LogP contribution in [0.25, 0.3) is 0 Å². The highest BCUT2D eigenvalue weighted by molar-refractivity contribution is 5.81. The molecule has 1 aromatic carbocycles. The number of carbonyl (C=O) groups is 1. The van der Waals surface area contributed by atoms with Gasteiger partial charge in [-0.2, -0.15) is 0 Å². The molecule has 0 unspecified atom stereocenters. The molecule has 1 aromatic rings. The molecule has 1 aliphatic rings. The van der Waals surface area contributed by atoms with Crippen LogP contribution in [0.15, 0.2) is 24.3 Å². The lowest BCUT2D eigenvalue weighted by atomic mass is 9.84. The second kappa shape index (κ2) is 5.15. The first-order valence-corrected chi connectivity index (χ1v) is 5.95. The van der Waals surface area contributed by atoms with Crippen LogP contribution >= 0.6 is 0 Å². The summed E-state index contributed by atoms with van der Waals surface area (Å²) >= 11 is 0. The molecule has 0 aliphatic heterocycles. The van der Waals surface area contributed by atoms with Gasteiger partial charge in [-0.25, -0.2) is 0 Å². The normalized spacial score (nSPS) is 20.8. The summed E-state index contributed by atoms with van der Waals surface area (Å²) in [7, 11) is 1.67. The number of Topliss-reactive ketones (excluding diaryl/α,β-unsaturated/α-hetero) is 1. The van der Waals surface area contributed by atoms with Crippen molar-refractivity contribution in [2.75, 3.05) is 7.11 Å². The summed E-state index contributed by atoms with van der Waals surface area (Å²) in [5, 5.41) is 0. The molecule has 1 atom stereocenters. The second-order valence-corrected chi connectivity index (χ2v) is 4.46. The molecule has 2 heteroatoms. The Balaban J connectivity index is 1.99. The van der Waals surface area contributed by atoms with E-state index >= 15 is 0 Å². The predicted octanol–water partition coefficient (Wildman–Crippen LogP) is 3.00. The number of ketones is 1. The Morgan fingerprint density at radius 1 is 1.25 bits per heavy atom. The zero-order valence-corrected chi connectivity index (χ0v) is 9.74. The molecule has 16 heavy (non-hydrogen) atoms. The average molecular weight is 218 g/mol. The standard InChI is InChI=1S/C14H18O2/c1-16-13-8-6-11(7-9-13)10-12-4-2-3-5-14(12)15/h6-9,12H,2-5,10H2,1H3/t12-/m1/s1. The smallest absolute Gasteiger partial charge is 0.136 e. The predicted molar refractivity (Wildman–Crippen MR) is 63.7 cm³/mol. The molecular weight excluding hydrogens is 200 g/mol. The molecule has 0 amide bonds. The molecule has 1 saturated carbocycles. The van der Waals surface area contributed by atoms with E-state index in [2.05, 4.69) is 12.1 Å². The lowest BCUT2D eigenvalue weighted by molar-refractivity contribution is -0.124. The molecule has 0 saturated heterocycles. The van der Waals surface area contributed by atoms with E-state index in [1.807, 2.05) is 12.1 Å². The number of benzene rings is 1. The summed E-state index contributed by atoms with van der Waals surface area (Å²) in [5.41, 5.74) is 1.24. The van der Waals surface area contributed by atoms with Gasteiger partial charge in [-0.05, 0) is 37.0 Å². The van der Waals surface area contributed by atoms with Crippen molar-refractivity contribution in [1.29, 1.82) is 0 Å². The minimum Gasteiger partial charge on any atom is -0.497 e. The van der Waals surface area contributed by atoms with Gasteiger partial charge in [0.25, 0.3) is 0 Å². The van der Waals surface area contributed by atoms with E-state index in [9.17, 15) is 4.79 Å². The largest absolute Gasteiger partial charge is 0.497 e. The molecule has 2 nitrogen and oxygen atoms in total. The summed E-state index contributed by atoms with van der Waals surface area (Å²) < 4.78 is 5.11. The van der Waals surface area contributed by atoms with Gasteiger partial charge in [0.1, 0.15) is 11.5 Å². The van der Waals surface area contributed by atoms with Crippen molar-refractivity contribution in [3.63, 3.8) is 0 Å². The van der Waals surface area contributed by atoms with Crippen molar-refractivity contribution in [2.24, 2.45) is 5.92 Å². The number of methoxy groups -OCH3 is 1. The lowest BCUT2D eigenvalue weighted by Gasteiger charge is -2.20. The third-order valence-electron chi connectivity index (χ3n) is 3.32. The van der Waals surface area contributed by atoms with Crippen molar-refractivity contribution in [1.82, 2.24) is 0 Å². The van der Waals surface area contributed by atoms with Gasteiger partial charge in [0.05, 0.1) is 7.11 Å². The van der Waals surface area contributed by atoms with Crippen LogP contribution in [0.3, 0.4) is 0 Å². The number of hydrogen-bond acceptors (Lipinski definition) is 2. The Hall–Kier alpha value is -1.31. The molecule has 0 spiro atoms. The SMILES string of the molecule is COc1ccc(C[C@H]2CCCCC2=O)cc1. The van der Waals surface area contributed by atoms with Gasteiger partial charge in [-0.1, -0.05) is 18.6 Å². The monoisotopic (exact) mass is 218 g/mol. The minimum atomic E-state index is 0.252. The Morgan fingerprint density at radius 3 is 2.62 bits per heavy atom. The van der Waals surface area contributed by atoms with Gasteiger partial charge in [0.2, 0.25) is 0 Å². The molecule has 0 radical (unpaired) electrons. The highest BCUT2D eigenvalue weighted by Crippen LogP contribution is 2.24. The second-order valence-electron chi connectivity index (χ2n) is 4.46. The van der Waals surface area contributed by atoms with Crippen LogP contribution in [0.1, 0.15) is 31.2 Å². The van der Waals surface area contributed by atoms with Gasteiger partial charge in [-0.3, -0.25) is 4.79 Å². The van der Waals surface area contributed by atoms with Crippen LogP contribution in [0.4, 0.5) is 0 Å². The number of carbonyl (C=O) groups excluding carboxylic acids is 1. The van der Waals surface area contributed by atoms with E-state index in [0.717, 1.165) is 31.4 Å². The summed E-state index contributed by atoms with van der Waals surface area (Å²) in [4.78, 5) is 11.7. The van der Waals surface area contributed by atoms with Crippen molar-refractivity contribution in [2.45, 2.75) is 32.1 Å². The first-order chi connectivity index (χ1) is 7.79. The summed E-state index contributed by atoms with van der Waals surface area (Å²) in [5.74, 6) is 1.57. The molecule has 0 aromatic heterocycles. The fraction of sp³-hybridized carbons (Fsp3) is 0.500. The van der Waals surface area contributed by atoms with Gasteiger partial charge in [0.15, 0.2) is 0 Å². The molecule has 0 bridgehead atoms. The van der Waals surface area contributed by atoms with E-state index in [1.165, 1.54) is 12.0 Å². The first-order valence-electron chi connectivity index (χ1n) is 5.95. The van der Waals surface area contributed by atoms with Gasteiger partial charge in [-0.15, -0.1) is 0 Å². The highest BCUT2D eigenvalue weighted by Gasteiger charge is 2.21. The van der Waals surface area contributed by atoms with Crippen LogP contribution in [0.2, 0.25) is 0 Å². The number of ether oxygens (including phenoxy) is 1. The summed E-state index contributed by atoms with van der Waals surface area (Å²) in [6.07, 6.45) is 5.01. The third kappa shape index (κ3) is 2.63. The Labute approximate surface area is 96.6 Å². The minimum absolute atomic E-state index is 0.252. The van der Waals surface area contributed by atoms with Gasteiger partial charge >= 0.3 is 0 Å². The molecule has 0 N–H and O–H groups in total. The van der Waals surface area contributed by atoms with Crippen LogP contribution in [-0.4, -0.2) is 12.9 Å². The molecule has 1 aliphatic carbocycles. The van der Waals surface area contributed by atoms with Crippen LogP contribution in [0, 0.1) is 5.92 Å². The lowest BCUT2D eigenvalue weighted by Crippen LogP contribution is -2.20. The Kier molecular flexibility index (Phi) is 3.60. The molecule has 0 heterocycles. The topological polar surface area (TPSA) is 26.3 Å². The van der Waals surface area contributed by atoms with E-state index in [0.29, 0.717) is 5.78 Å². The zero-order valence-electron chi connectivity index (χ0n) is 9.74. The van der Waals surface area contributed by atoms with E-state index in [4.69, 9.17) is 4.74 Å². The van der Waals surface area contributed by atoms with Crippen molar-refractivity contribution in [3.8, 4) is 5.75 Å². The maximum Gasteiger partial charge on any atom is 0.136 e. The molecule has 2 rings (SSSR count). The molecule has 86 valence electrons. The Bertz CT molecular complexity index is 354. The number of hydrogen-bond donors (Lipinski definition) is 0. The van der Waals surface area contributed by atoms with Crippen LogP contribution in [-0.2, 0) is 11.2 Å². The van der Waals surface area contributed by atoms with Crippen molar-refractivity contribution >= 4 is 5.78 Å². The summed E-state index contributed by atoms with van der Waals surface area (Å²) in [6, 6.07) is 8.03. The number of rotatable bonds is 3. The highest BCUT2D eigenvalue weighted by atomic mass is 16.5. The van der Waals surface area contributed by atoms with Crippen molar-refractivity contribution in [3.05, 3.63) is 29.8 Å². The molecule has 1 fully saturated rings. The Morgan fingerprint density at radius 2 is 2.00 bits per heavy atom. The first kappa shape index (κ1) is 11.2. The third-order valence-corrected chi connectivity index (χ3v) is 3.32. The van der Waals surface area contributed by atoms with Gasteiger partial charge in [0, 0.05) is 12.3 Å². The zero-order chi connectivity index (χ0) is 11.4. The maximum atomic E-state index is 11.7. The van der Waals surface area contributed by atoms with Crippen molar-refractivity contribution < 1.29 is 9.53 Å². The van der Waals surface area contributed by atoms with Gasteiger partial charge < -0.3 is 4.74 Å². The van der Waals surface area contributed by atoms with E-state index in [1.54, 1.807) is 7.11 Å². The van der Waals surface area contributed by atoms with E-state index in [-0.39, 0.29) is 5.92 Å². The van der Waals surface area contributed by atoms with Crippen LogP contribution < -0.4 is 4.74 Å². The van der Waals surface area contributed by atoms with Crippen LogP contribution in [0.5, 0.6) is 5.75 Å². The fourth-order valence-electron chi connectivity index (χ4n) is 2.32. The quantitative estimate of drug-likeness (QED) is 0.779.